The molecule has 0 unspecified atom stereocenters. The van der Waals surface area contributed by atoms with Crippen LogP contribution in [0.5, 0.6) is 0 Å². The summed E-state index contributed by atoms with van der Waals surface area (Å²) in [4.78, 5) is 59.4. The number of Topliss-reactive ketones (excluding diaryl/α,β-unsaturated/α-hetero) is 1. The van der Waals surface area contributed by atoms with Gasteiger partial charge < -0.3 is 180 Å². The lowest BCUT2D eigenvalue weighted by Crippen LogP contribution is -2.65. The zero-order valence-corrected chi connectivity index (χ0v) is 56.9. The molecule has 0 aromatic heterocycles. The Bertz CT molecular complexity index is 2440. The number of amides is 3. The van der Waals surface area contributed by atoms with E-state index in [1.807, 2.05) is 6.92 Å². The second-order valence-corrected chi connectivity index (χ2v) is 25.5. The Balaban J connectivity index is 0.000000440. The quantitative estimate of drug-likeness (QED) is 0.0154. The summed E-state index contributed by atoms with van der Waals surface area (Å²) in [6.07, 6.45) is -44.3. The number of rotatable bonds is 41. The molecule has 6 fully saturated rings. The van der Waals surface area contributed by atoms with Crippen LogP contribution in [0.3, 0.4) is 0 Å². The van der Waals surface area contributed by atoms with E-state index >= 15 is 0 Å². The topological polar surface area (TPSA) is 675 Å². The highest BCUT2D eigenvalue weighted by Crippen LogP contribution is 2.34. The predicted octanol–water partition coefficient (Wildman–Crippen LogP) is -12.4. The van der Waals surface area contributed by atoms with Crippen molar-refractivity contribution in [1.82, 2.24) is 21.5 Å². The number of unbranched alkanes of at least 4 members (excludes halogenated alkanes) is 3. The molecular formula is C62H113N5O37. The number of ketones is 1. The number of hydrogen-bond acceptors (Lipinski definition) is 39. The summed E-state index contributed by atoms with van der Waals surface area (Å²) >= 11 is 0. The molecule has 6 saturated heterocycles. The van der Waals surface area contributed by atoms with E-state index in [0.717, 1.165) is 12.8 Å². The first-order valence-corrected chi connectivity index (χ1v) is 34.4. The molecule has 26 N–H and O–H groups in total. The molecule has 0 radical (unpaired) electrons. The highest BCUT2D eigenvalue weighted by atomic mass is 16.8. The van der Waals surface area contributed by atoms with Crippen molar-refractivity contribution < 1.29 is 183 Å². The van der Waals surface area contributed by atoms with Gasteiger partial charge in [-0.05, 0) is 58.4 Å². The van der Waals surface area contributed by atoms with Gasteiger partial charge in [0.1, 0.15) is 159 Å². The summed E-state index contributed by atoms with van der Waals surface area (Å²) in [6.45, 7) is -1.84. The summed E-state index contributed by atoms with van der Waals surface area (Å²) in [5, 5.41) is 210. The van der Waals surface area contributed by atoms with Crippen molar-refractivity contribution in [3.05, 3.63) is 0 Å². The smallest absolute Gasteiger partial charge is 0.234 e. The lowest BCUT2D eigenvalue weighted by molar-refractivity contribution is -0.366. The van der Waals surface area contributed by atoms with Crippen molar-refractivity contribution in [2.45, 2.75) is 288 Å². The Kier molecular flexibility index (Phi) is 42.3. The molecule has 104 heavy (non-hydrogen) atoms. The average Bonchev–Trinajstić information content (AvgIpc) is 0.797. The maximum Gasteiger partial charge on any atom is 0.234 e. The van der Waals surface area contributed by atoms with Gasteiger partial charge in [0, 0.05) is 45.2 Å². The van der Waals surface area contributed by atoms with Gasteiger partial charge in [-0.2, -0.15) is 0 Å². The fraction of sp³-hybridized carbons (Fsp3) is 0.919. The Morgan fingerprint density at radius 3 is 1.16 bits per heavy atom. The van der Waals surface area contributed by atoms with Gasteiger partial charge in [0.2, 0.25) is 17.7 Å². The number of hydrogen-bond donors (Lipinski definition) is 25. The van der Waals surface area contributed by atoms with Crippen LogP contribution in [0.15, 0.2) is 0 Å². The number of aliphatic hydroxyl groups is 20. The molecule has 608 valence electrons. The van der Waals surface area contributed by atoms with Crippen LogP contribution < -0.4 is 27.2 Å². The third kappa shape index (κ3) is 27.2. The monoisotopic (exact) mass is 1520 g/mol. The molecule has 31 atom stereocenters. The van der Waals surface area contributed by atoms with Crippen molar-refractivity contribution in [3.63, 3.8) is 0 Å². The molecule has 0 spiro atoms. The van der Waals surface area contributed by atoms with E-state index in [2.05, 4.69) is 21.5 Å². The Hall–Kier alpha value is -3.61. The van der Waals surface area contributed by atoms with Gasteiger partial charge in [0.05, 0.1) is 58.9 Å². The number of carbonyl (C=O) groups excluding carboxylic acids is 5. The van der Waals surface area contributed by atoms with Crippen LogP contribution in [0.1, 0.15) is 97.8 Å². The first-order chi connectivity index (χ1) is 49.1. The molecule has 6 aliphatic rings. The third-order valence-electron chi connectivity index (χ3n) is 17.8. The van der Waals surface area contributed by atoms with Gasteiger partial charge >= 0.3 is 0 Å². The molecule has 3 amide bonds. The molecule has 6 heterocycles. The Morgan fingerprint density at radius 1 is 0.404 bits per heavy atom. The number of carbonyl (C=O) groups is 5. The summed E-state index contributed by atoms with van der Waals surface area (Å²) in [5.41, 5.74) is 10.6. The number of nitrogens with two attached hydrogens (primary N) is 1. The van der Waals surface area contributed by atoms with E-state index in [9.17, 15) is 126 Å². The molecule has 0 saturated carbocycles. The second kappa shape index (κ2) is 47.5. The van der Waals surface area contributed by atoms with Crippen LogP contribution >= 0.6 is 0 Å². The Labute approximate surface area is 599 Å². The molecule has 42 nitrogen and oxygen atoms in total. The van der Waals surface area contributed by atoms with Crippen molar-refractivity contribution in [3.8, 4) is 0 Å². The van der Waals surface area contributed by atoms with Crippen LogP contribution in [0, 0.1) is 0 Å². The molecule has 0 aromatic carbocycles. The van der Waals surface area contributed by atoms with Gasteiger partial charge in [0.25, 0.3) is 0 Å². The molecule has 42 heteroatoms. The summed E-state index contributed by atoms with van der Waals surface area (Å²) in [5.74, 6) is -0.871. The first kappa shape index (κ1) is 92.8. The number of ether oxygens (including phenoxy) is 12. The van der Waals surface area contributed by atoms with Crippen LogP contribution in [-0.2, 0) is 80.8 Å². The number of aliphatic hydroxyl groups excluding tert-OH is 20. The molecular weight excluding hydrogens is 1410 g/mol. The Morgan fingerprint density at radius 2 is 0.760 bits per heavy atom. The second-order valence-electron chi connectivity index (χ2n) is 25.5. The minimum absolute atomic E-state index is 0. The van der Waals surface area contributed by atoms with Crippen LogP contribution in [0.4, 0.5) is 0 Å². The fourth-order valence-electron chi connectivity index (χ4n) is 11.6. The molecule has 6 rings (SSSR count). The standard InChI is InChI=1S/C32H58N4O19.C29H51NO18.CH4/c33-8-4-3-5-15(11-37)35-36-20(41)7-2-1-6-19(40)34-9-10-50-31-28(49)29(55-32-27(48)25(46)22(43)17(13-39)53-32)23(44)18(54-31)14-51-30-26(47)24(45)21(42)16(12-38)52-30;1-2-30-17(34)8-4-3-6-13(33)7-5-9-43-28-25(42)26(48-29-24(41)22(39)19(36)15(11-32)46-29)20(37)16(47-28)12-44-27-23(40)21(38)18(35)14(10-31)45-27;/h11,15-18,21-32,35,38-39,42-49H,1-10,12-14,33H2,(H,34,40)(H,36,41);14-16,18-29,31-32,35-42H,2-12H2,1H3,(H,30,34);1H4/t15-,16+,17+,18+,21+,22+,23+,24-,25-,26-,27-,28-,29-,30-,31-,32+;14-,15-,16-,18-,19-,20-,21+,22+,23+,24+,25+,26+,27+,28+,29-;/m01./s1. The van der Waals surface area contributed by atoms with Crippen LogP contribution in [0.2, 0.25) is 0 Å². The minimum Gasteiger partial charge on any atom is -0.394 e. The SMILES string of the molecule is C.CCNC(=O)CCCCC(=O)CCCO[C@H]1O[C@H](CO[C@H]2O[C@H](CO)[C@@H](O)[C@H](O)[C@@H]2O)[C@@H](O)[C@H](O[C@H]2O[C@H](CO)[C@@H](O)[C@H](O)[C@@H]2O)[C@@H]1O.NCCCC[C@@H](C=O)NNC(=O)CCCCC(=O)NCCO[C@H]1O[C@H](CO[C@H]2O[C@H](CO)[C@@H](O)[C@H](O)[C@@H]2O)[C@@H](O)[C@H](O[C@H]2O[C@H](CO)[C@@H](O)[C@H](O)[C@@H]2O)[C@@H]1O. The van der Waals surface area contributed by atoms with Gasteiger partial charge in [-0.1, -0.05) is 13.8 Å². The lowest BCUT2D eigenvalue weighted by atomic mass is 9.96. The number of hydrazine groups is 1. The predicted molar refractivity (Wildman–Crippen MR) is 344 cm³/mol. The number of nitrogens with one attached hydrogen (secondary N) is 4. The van der Waals surface area contributed by atoms with Crippen molar-refractivity contribution in [2.24, 2.45) is 5.73 Å². The molecule has 0 aromatic rings. The van der Waals surface area contributed by atoms with Crippen LogP contribution in [0.25, 0.3) is 0 Å². The highest BCUT2D eigenvalue weighted by molar-refractivity contribution is 5.79. The fourth-order valence-corrected chi connectivity index (χ4v) is 11.6. The van der Waals surface area contributed by atoms with E-state index in [0.29, 0.717) is 57.9 Å². The maximum absolute atomic E-state index is 12.4. The minimum atomic E-state index is -1.91. The van der Waals surface area contributed by atoms with Crippen molar-refractivity contribution in [2.75, 3.05) is 72.5 Å². The van der Waals surface area contributed by atoms with Gasteiger partial charge in [-0.15, -0.1) is 0 Å². The van der Waals surface area contributed by atoms with E-state index in [1.165, 1.54) is 0 Å². The zero-order valence-electron chi connectivity index (χ0n) is 56.9. The third-order valence-corrected chi connectivity index (χ3v) is 17.8. The molecule has 0 aliphatic carbocycles. The van der Waals surface area contributed by atoms with Gasteiger partial charge in [-0.25, -0.2) is 5.43 Å². The van der Waals surface area contributed by atoms with E-state index in [1.54, 1.807) is 0 Å². The zero-order chi connectivity index (χ0) is 76.2. The lowest BCUT2D eigenvalue weighted by Gasteiger charge is -2.46. The van der Waals surface area contributed by atoms with Gasteiger partial charge in [0.15, 0.2) is 37.7 Å². The van der Waals surface area contributed by atoms with E-state index in [4.69, 9.17) is 62.6 Å². The summed E-state index contributed by atoms with van der Waals surface area (Å²) in [6, 6.07) is -0.537. The highest BCUT2D eigenvalue weighted by Gasteiger charge is 2.55. The largest absolute Gasteiger partial charge is 0.394 e. The van der Waals surface area contributed by atoms with Crippen molar-refractivity contribution in [1.29, 1.82) is 0 Å². The van der Waals surface area contributed by atoms with Crippen LogP contribution in [-0.4, -0.2) is 395 Å². The normalized spacial score (nSPS) is 38.4. The van der Waals surface area contributed by atoms with Gasteiger partial charge in [-0.3, -0.25) is 24.6 Å². The summed E-state index contributed by atoms with van der Waals surface area (Å²) < 4.78 is 66.4. The van der Waals surface area contributed by atoms with E-state index < -0.39 is 230 Å². The van der Waals surface area contributed by atoms with E-state index in [-0.39, 0.29) is 82.8 Å². The number of aldehydes is 1. The molecule has 0 bridgehead atoms. The maximum atomic E-state index is 12.4. The average molecular weight is 1520 g/mol. The molecule has 6 aliphatic heterocycles. The summed E-state index contributed by atoms with van der Waals surface area (Å²) in [7, 11) is 0. The first-order valence-electron chi connectivity index (χ1n) is 34.4. The van der Waals surface area contributed by atoms with Crippen molar-refractivity contribution >= 4 is 29.8 Å².